The largest absolute Gasteiger partial charge is 0.395 e. The molecule has 0 aliphatic heterocycles. The second-order valence-electron chi connectivity index (χ2n) is 4.98. The van der Waals surface area contributed by atoms with Crippen molar-refractivity contribution in [3.63, 3.8) is 0 Å². The third kappa shape index (κ3) is 3.72. The van der Waals surface area contributed by atoms with Crippen molar-refractivity contribution in [2.45, 2.75) is 6.92 Å². The van der Waals surface area contributed by atoms with E-state index in [9.17, 15) is 0 Å². The van der Waals surface area contributed by atoms with Crippen molar-refractivity contribution in [1.29, 1.82) is 0 Å². The number of likely N-dealkylation sites (N-methyl/N-ethyl adjacent to an activating group) is 1. The second kappa shape index (κ2) is 7.30. The van der Waals surface area contributed by atoms with Gasteiger partial charge in [0.2, 0.25) is 5.13 Å². The number of anilines is 1. The summed E-state index contributed by atoms with van der Waals surface area (Å²) in [6.45, 7) is 3.69. The Bertz CT molecular complexity index is 765. The Labute approximate surface area is 138 Å². The maximum atomic E-state index is 9.07. The molecule has 3 rings (SSSR count). The molecule has 3 aromatic rings. The van der Waals surface area contributed by atoms with E-state index in [1.807, 2.05) is 48.5 Å². The number of azo groups is 1. The number of fused-ring (bicyclic) bond motifs is 1. The van der Waals surface area contributed by atoms with Crippen molar-refractivity contribution in [1.82, 2.24) is 4.98 Å². The fraction of sp³-hybridized carbons (Fsp3) is 0.235. The highest BCUT2D eigenvalue weighted by atomic mass is 32.1. The Hall–Kier alpha value is -2.31. The summed E-state index contributed by atoms with van der Waals surface area (Å²) in [7, 11) is 0. The molecule has 1 N–H and O–H groups in total. The molecule has 0 fully saturated rings. The summed E-state index contributed by atoms with van der Waals surface area (Å²) in [5.41, 5.74) is 2.80. The summed E-state index contributed by atoms with van der Waals surface area (Å²) in [5.74, 6) is 0. The number of hydrogen-bond donors (Lipinski definition) is 1. The number of aromatic nitrogens is 1. The molecular weight excluding hydrogens is 308 g/mol. The van der Waals surface area contributed by atoms with Gasteiger partial charge in [-0.15, -0.1) is 10.2 Å². The number of hydrogen-bond acceptors (Lipinski definition) is 6. The molecule has 0 bridgehead atoms. The number of rotatable bonds is 6. The van der Waals surface area contributed by atoms with Crippen LogP contribution in [0.15, 0.2) is 58.8 Å². The zero-order valence-corrected chi connectivity index (χ0v) is 13.7. The molecule has 6 heteroatoms. The first-order chi connectivity index (χ1) is 11.3. The highest BCUT2D eigenvalue weighted by Crippen LogP contribution is 2.29. The first-order valence-corrected chi connectivity index (χ1v) is 8.35. The number of thiazole rings is 1. The van der Waals surface area contributed by atoms with Crippen LogP contribution in [0.3, 0.4) is 0 Å². The maximum Gasteiger partial charge on any atom is 0.231 e. The number of aliphatic hydroxyl groups is 1. The molecule has 5 nitrogen and oxygen atoms in total. The number of nitrogens with zero attached hydrogens (tertiary/aromatic N) is 4. The number of para-hydroxylation sites is 1. The minimum absolute atomic E-state index is 0.146. The van der Waals surface area contributed by atoms with Crippen LogP contribution in [-0.2, 0) is 0 Å². The predicted molar refractivity (Wildman–Crippen MR) is 95.2 cm³/mol. The summed E-state index contributed by atoms with van der Waals surface area (Å²) in [6, 6.07) is 15.8. The Morgan fingerprint density at radius 3 is 2.57 bits per heavy atom. The lowest BCUT2D eigenvalue weighted by Crippen LogP contribution is -2.25. The van der Waals surface area contributed by atoms with Gasteiger partial charge in [0.15, 0.2) is 0 Å². The van der Waals surface area contributed by atoms with Gasteiger partial charge in [-0.25, -0.2) is 4.98 Å². The quantitative estimate of drug-likeness (QED) is 0.677. The SMILES string of the molecule is CCN(CCO)c1ccc(N=Nc2nc3ccccc3s2)cc1. The fourth-order valence-corrected chi connectivity index (χ4v) is 3.11. The Balaban J connectivity index is 1.74. The van der Waals surface area contributed by atoms with Gasteiger partial charge in [-0.05, 0) is 43.3 Å². The van der Waals surface area contributed by atoms with E-state index in [2.05, 4.69) is 27.0 Å². The lowest BCUT2D eigenvalue weighted by molar-refractivity contribution is 0.302. The Morgan fingerprint density at radius 2 is 1.87 bits per heavy atom. The molecule has 0 amide bonds. The minimum Gasteiger partial charge on any atom is -0.395 e. The molecule has 0 aliphatic carbocycles. The molecule has 2 aromatic carbocycles. The van der Waals surface area contributed by atoms with Crippen molar-refractivity contribution in [2.24, 2.45) is 10.2 Å². The summed E-state index contributed by atoms with van der Waals surface area (Å²) in [6.07, 6.45) is 0. The summed E-state index contributed by atoms with van der Waals surface area (Å²) in [4.78, 5) is 6.54. The lowest BCUT2D eigenvalue weighted by atomic mass is 10.2. The molecular formula is C17H18N4OS. The van der Waals surface area contributed by atoms with Gasteiger partial charge < -0.3 is 10.0 Å². The summed E-state index contributed by atoms with van der Waals surface area (Å²) < 4.78 is 1.11. The van der Waals surface area contributed by atoms with Crippen LogP contribution in [0, 0.1) is 0 Å². The summed E-state index contributed by atoms with van der Waals surface area (Å²) >= 11 is 1.53. The standard InChI is InChI=1S/C17H18N4OS/c1-2-21(11-12-22)14-9-7-13(8-10-14)19-20-17-18-15-5-3-4-6-16(15)23-17/h3-10,22H,2,11-12H2,1H3. The molecule has 0 saturated carbocycles. The minimum atomic E-state index is 0.146. The normalized spacial score (nSPS) is 11.4. The van der Waals surface area contributed by atoms with Crippen molar-refractivity contribution >= 4 is 38.1 Å². The van der Waals surface area contributed by atoms with Gasteiger partial charge >= 0.3 is 0 Å². The molecule has 1 heterocycles. The second-order valence-corrected chi connectivity index (χ2v) is 5.99. The van der Waals surface area contributed by atoms with Crippen LogP contribution in [0.2, 0.25) is 0 Å². The number of aliphatic hydroxyl groups excluding tert-OH is 1. The zero-order chi connectivity index (χ0) is 16.1. The molecule has 0 saturated heterocycles. The fourth-order valence-electron chi connectivity index (χ4n) is 2.32. The van der Waals surface area contributed by atoms with Crippen LogP contribution < -0.4 is 4.90 Å². The van der Waals surface area contributed by atoms with E-state index in [-0.39, 0.29) is 6.61 Å². The van der Waals surface area contributed by atoms with E-state index in [4.69, 9.17) is 5.11 Å². The third-order valence-corrected chi connectivity index (χ3v) is 4.42. The molecule has 0 aliphatic rings. The highest BCUT2D eigenvalue weighted by molar-refractivity contribution is 7.21. The van der Waals surface area contributed by atoms with Crippen LogP contribution in [0.25, 0.3) is 10.2 Å². The third-order valence-electron chi connectivity index (χ3n) is 3.50. The summed E-state index contributed by atoms with van der Waals surface area (Å²) in [5, 5.41) is 18.2. The molecule has 118 valence electrons. The monoisotopic (exact) mass is 326 g/mol. The van der Waals surface area contributed by atoms with Crippen LogP contribution in [0.4, 0.5) is 16.5 Å². The van der Waals surface area contributed by atoms with Crippen molar-refractivity contribution in [3.8, 4) is 0 Å². The average Bonchev–Trinajstić information content (AvgIpc) is 3.01. The van der Waals surface area contributed by atoms with E-state index in [0.29, 0.717) is 11.7 Å². The van der Waals surface area contributed by atoms with Gasteiger partial charge in [-0.1, -0.05) is 23.5 Å². The van der Waals surface area contributed by atoms with E-state index in [0.717, 1.165) is 28.1 Å². The smallest absolute Gasteiger partial charge is 0.231 e. The number of benzene rings is 2. The lowest BCUT2D eigenvalue weighted by Gasteiger charge is -2.21. The average molecular weight is 326 g/mol. The topological polar surface area (TPSA) is 61.1 Å². The predicted octanol–water partition coefficient (Wildman–Crippen LogP) is 4.53. The van der Waals surface area contributed by atoms with Crippen molar-refractivity contribution in [3.05, 3.63) is 48.5 Å². The van der Waals surface area contributed by atoms with Gasteiger partial charge in [-0.3, -0.25) is 0 Å². The van der Waals surface area contributed by atoms with E-state index < -0.39 is 0 Å². The van der Waals surface area contributed by atoms with Crippen LogP contribution in [0.1, 0.15) is 6.92 Å². The molecule has 23 heavy (non-hydrogen) atoms. The van der Waals surface area contributed by atoms with Crippen molar-refractivity contribution < 1.29 is 5.11 Å². The highest BCUT2D eigenvalue weighted by Gasteiger charge is 2.04. The van der Waals surface area contributed by atoms with E-state index in [1.54, 1.807) is 0 Å². The van der Waals surface area contributed by atoms with Gasteiger partial charge in [-0.2, -0.15) is 0 Å². The van der Waals surface area contributed by atoms with Crippen LogP contribution in [0.5, 0.6) is 0 Å². The van der Waals surface area contributed by atoms with Crippen LogP contribution >= 0.6 is 11.3 Å². The molecule has 0 atom stereocenters. The molecule has 1 aromatic heterocycles. The molecule has 0 radical (unpaired) electrons. The van der Waals surface area contributed by atoms with Crippen molar-refractivity contribution in [2.75, 3.05) is 24.6 Å². The van der Waals surface area contributed by atoms with Gasteiger partial charge in [0.1, 0.15) is 0 Å². The zero-order valence-electron chi connectivity index (χ0n) is 12.9. The van der Waals surface area contributed by atoms with E-state index >= 15 is 0 Å². The van der Waals surface area contributed by atoms with Gasteiger partial charge in [0.05, 0.1) is 22.5 Å². The van der Waals surface area contributed by atoms with E-state index in [1.165, 1.54) is 11.3 Å². The first kappa shape index (κ1) is 15.6. The molecule has 0 spiro atoms. The Morgan fingerprint density at radius 1 is 1.09 bits per heavy atom. The maximum absolute atomic E-state index is 9.07. The first-order valence-electron chi connectivity index (χ1n) is 7.53. The Kier molecular flexibility index (Phi) is 4.95. The molecule has 0 unspecified atom stereocenters. The van der Waals surface area contributed by atoms with Gasteiger partial charge in [0.25, 0.3) is 0 Å². The van der Waals surface area contributed by atoms with Crippen LogP contribution in [-0.4, -0.2) is 29.8 Å². The van der Waals surface area contributed by atoms with Gasteiger partial charge in [0, 0.05) is 18.8 Å².